The smallest absolute Gasteiger partial charge is 0.280 e. The van der Waals surface area contributed by atoms with Gasteiger partial charge in [-0.15, -0.1) is 0 Å². The first-order chi connectivity index (χ1) is 11.5. The molecule has 0 amide bonds. The van der Waals surface area contributed by atoms with Crippen LogP contribution < -0.4 is 5.56 Å². The highest BCUT2D eigenvalue weighted by Gasteiger charge is 2.09. The summed E-state index contributed by atoms with van der Waals surface area (Å²) in [5.74, 6) is 0.0988. The standard InChI is InChI=1S/C19H17FN2OS/c1-13-9-14(2)11-16(10-13)22-8-7-21-18(19(22)23)24-12-15-5-3-4-6-17(15)20/h3-11H,12H2,1-2H3. The van der Waals surface area contributed by atoms with Gasteiger partial charge in [-0.1, -0.05) is 36.0 Å². The molecule has 0 aliphatic rings. The molecule has 2 aromatic carbocycles. The van der Waals surface area contributed by atoms with Crippen molar-refractivity contribution in [1.82, 2.24) is 9.55 Å². The summed E-state index contributed by atoms with van der Waals surface area (Å²) in [5.41, 5.74) is 3.37. The lowest BCUT2D eigenvalue weighted by atomic mass is 10.1. The van der Waals surface area contributed by atoms with Crippen LogP contribution in [0.2, 0.25) is 0 Å². The van der Waals surface area contributed by atoms with Crippen molar-refractivity contribution in [2.45, 2.75) is 24.6 Å². The van der Waals surface area contributed by atoms with Gasteiger partial charge in [0, 0.05) is 23.8 Å². The molecule has 0 bridgehead atoms. The van der Waals surface area contributed by atoms with E-state index in [0.29, 0.717) is 16.3 Å². The highest BCUT2D eigenvalue weighted by molar-refractivity contribution is 7.98. The first-order valence-corrected chi connectivity index (χ1v) is 8.56. The summed E-state index contributed by atoms with van der Waals surface area (Å²) in [6.45, 7) is 3.99. The van der Waals surface area contributed by atoms with E-state index < -0.39 is 0 Å². The normalized spacial score (nSPS) is 10.8. The van der Waals surface area contributed by atoms with Crippen LogP contribution in [0.4, 0.5) is 4.39 Å². The van der Waals surface area contributed by atoms with Crippen molar-refractivity contribution in [1.29, 1.82) is 0 Å². The van der Waals surface area contributed by atoms with E-state index in [1.54, 1.807) is 35.2 Å². The Bertz CT molecular complexity index is 916. The fraction of sp³-hybridized carbons (Fsp3) is 0.158. The van der Waals surface area contributed by atoms with Gasteiger partial charge in [-0.05, 0) is 48.7 Å². The summed E-state index contributed by atoms with van der Waals surface area (Å²) in [6, 6.07) is 12.5. The van der Waals surface area contributed by atoms with Crippen LogP contribution in [0.25, 0.3) is 5.69 Å². The molecule has 122 valence electrons. The number of rotatable bonds is 4. The van der Waals surface area contributed by atoms with E-state index in [2.05, 4.69) is 11.1 Å². The predicted molar refractivity (Wildman–Crippen MR) is 95.3 cm³/mol. The van der Waals surface area contributed by atoms with Crippen LogP contribution >= 0.6 is 11.8 Å². The Morgan fingerprint density at radius 2 is 1.83 bits per heavy atom. The monoisotopic (exact) mass is 340 g/mol. The number of aryl methyl sites for hydroxylation is 2. The second-order valence-corrected chi connectivity index (χ2v) is 6.60. The van der Waals surface area contributed by atoms with Crippen molar-refractivity contribution in [2.24, 2.45) is 0 Å². The van der Waals surface area contributed by atoms with E-state index in [0.717, 1.165) is 16.8 Å². The molecule has 0 radical (unpaired) electrons. The molecule has 3 nitrogen and oxygen atoms in total. The lowest BCUT2D eigenvalue weighted by Crippen LogP contribution is -2.20. The summed E-state index contributed by atoms with van der Waals surface area (Å²) in [4.78, 5) is 16.8. The van der Waals surface area contributed by atoms with E-state index in [9.17, 15) is 9.18 Å². The Hall–Kier alpha value is -2.40. The molecule has 0 spiro atoms. The molecular weight excluding hydrogens is 323 g/mol. The molecular formula is C19H17FN2OS. The minimum Gasteiger partial charge on any atom is -0.280 e. The first kappa shape index (κ1) is 16.5. The molecule has 24 heavy (non-hydrogen) atoms. The van der Waals surface area contributed by atoms with Crippen LogP contribution in [-0.4, -0.2) is 9.55 Å². The molecule has 0 unspecified atom stereocenters. The maximum absolute atomic E-state index is 13.7. The molecule has 5 heteroatoms. The number of benzene rings is 2. The van der Waals surface area contributed by atoms with Crippen molar-refractivity contribution in [3.05, 3.63) is 87.7 Å². The summed E-state index contributed by atoms with van der Waals surface area (Å²) in [7, 11) is 0. The number of aromatic nitrogens is 2. The maximum Gasteiger partial charge on any atom is 0.287 e. The molecule has 1 aromatic heterocycles. The van der Waals surface area contributed by atoms with E-state index in [-0.39, 0.29) is 11.4 Å². The van der Waals surface area contributed by atoms with Gasteiger partial charge in [-0.2, -0.15) is 0 Å². The van der Waals surface area contributed by atoms with Crippen molar-refractivity contribution >= 4 is 11.8 Å². The lowest BCUT2D eigenvalue weighted by molar-refractivity contribution is 0.617. The third kappa shape index (κ3) is 3.57. The van der Waals surface area contributed by atoms with Gasteiger partial charge in [0.1, 0.15) is 5.82 Å². The molecule has 0 saturated carbocycles. The number of hydrogen-bond acceptors (Lipinski definition) is 3. The van der Waals surface area contributed by atoms with Gasteiger partial charge in [0.05, 0.1) is 0 Å². The molecule has 0 aliphatic heterocycles. The van der Waals surface area contributed by atoms with Crippen LogP contribution in [0.3, 0.4) is 0 Å². The lowest BCUT2D eigenvalue weighted by Gasteiger charge is -2.09. The van der Waals surface area contributed by atoms with Gasteiger partial charge in [0.15, 0.2) is 5.03 Å². The van der Waals surface area contributed by atoms with Gasteiger partial charge in [0.2, 0.25) is 0 Å². The molecule has 3 aromatic rings. The number of nitrogens with zero attached hydrogens (tertiary/aromatic N) is 2. The zero-order valence-corrected chi connectivity index (χ0v) is 14.3. The third-order valence-corrected chi connectivity index (χ3v) is 4.62. The Labute approximate surface area is 144 Å². The molecule has 0 saturated heterocycles. The van der Waals surface area contributed by atoms with E-state index >= 15 is 0 Å². The largest absolute Gasteiger partial charge is 0.287 e. The number of thioether (sulfide) groups is 1. The van der Waals surface area contributed by atoms with Crippen molar-refractivity contribution < 1.29 is 4.39 Å². The Kier molecular flexibility index (Phi) is 4.81. The minimum absolute atomic E-state index is 0.191. The molecule has 0 N–H and O–H groups in total. The van der Waals surface area contributed by atoms with Gasteiger partial charge >= 0.3 is 0 Å². The number of halogens is 1. The highest BCUT2D eigenvalue weighted by atomic mass is 32.2. The summed E-state index contributed by atoms with van der Waals surface area (Å²) in [5, 5.41) is 0.361. The Morgan fingerprint density at radius 3 is 2.54 bits per heavy atom. The van der Waals surface area contributed by atoms with Crippen LogP contribution in [0.15, 0.2) is 64.7 Å². The van der Waals surface area contributed by atoms with Gasteiger partial charge in [-0.3, -0.25) is 9.36 Å². The second-order valence-electron chi connectivity index (χ2n) is 5.63. The minimum atomic E-state index is -0.268. The van der Waals surface area contributed by atoms with Crippen molar-refractivity contribution in [3.63, 3.8) is 0 Å². The molecule has 0 aliphatic carbocycles. The van der Waals surface area contributed by atoms with Crippen LogP contribution in [-0.2, 0) is 5.75 Å². The predicted octanol–water partition coefficient (Wildman–Crippen LogP) is 4.28. The zero-order chi connectivity index (χ0) is 17.1. The molecule has 1 heterocycles. The number of hydrogen-bond donors (Lipinski definition) is 0. The zero-order valence-electron chi connectivity index (χ0n) is 13.5. The van der Waals surface area contributed by atoms with Crippen LogP contribution in [0, 0.1) is 19.7 Å². The second kappa shape index (κ2) is 7.01. The van der Waals surface area contributed by atoms with Crippen LogP contribution in [0.5, 0.6) is 0 Å². The fourth-order valence-corrected chi connectivity index (χ4v) is 3.43. The average Bonchev–Trinajstić information content (AvgIpc) is 2.54. The van der Waals surface area contributed by atoms with E-state index in [1.165, 1.54) is 17.8 Å². The van der Waals surface area contributed by atoms with Gasteiger partial charge < -0.3 is 0 Å². The Balaban J connectivity index is 1.91. The van der Waals surface area contributed by atoms with Gasteiger partial charge in [0.25, 0.3) is 5.56 Å². The van der Waals surface area contributed by atoms with Gasteiger partial charge in [-0.25, -0.2) is 9.37 Å². The van der Waals surface area contributed by atoms with Crippen molar-refractivity contribution in [2.75, 3.05) is 0 Å². The topological polar surface area (TPSA) is 34.9 Å². The van der Waals surface area contributed by atoms with Crippen molar-refractivity contribution in [3.8, 4) is 5.69 Å². The first-order valence-electron chi connectivity index (χ1n) is 7.57. The van der Waals surface area contributed by atoms with E-state index in [1.807, 2.05) is 26.0 Å². The fourth-order valence-electron chi connectivity index (χ4n) is 2.55. The molecule has 0 fully saturated rings. The molecule has 3 rings (SSSR count). The highest BCUT2D eigenvalue weighted by Crippen LogP contribution is 2.20. The summed E-state index contributed by atoms with van der Waals surface area (Å²) >= 11 is 1.25. The van der Waals surface area contributed by atoms with E-state index in [4.69, 9.17) is 0 Å². The molecule has 0 atom stereocenters. The maximum atomic E-state index is 13.7. The van der Waals surface area contributed by atoms with Crippen LogP contribution in [0.1, 0.15) is 16.7 Å². The summed E-state index contributed by atoms with van der Waals surface area (Å²) in [6.07, 6.45) is 3.26. The SMILES string of the molecule is Cc1cc(C)cc(-n2ccnc(SCc3ccccc3F)c2=O)c1. The Morgan fingerprint density at radius 1 is 1.12 bits per heavy atom. The average molecular weight is 340 g/mol. The third-order valence-electron chi connectivity index (χ3n) is 3.62. The summed E-state index contributed by atoms with van der Waals surface area (Å²) < 4.78 is 15.3. The quantitative estimate of drug-likeness (QED) is 0.665.